The highest BCUT2D eigenvalue weighted by Gasteiger charge is 2.24. The normalized spacial score (nSPS) is 11.4. The topological polar surface area (TPSA) is 92.7 Å². The van der Waals surface area contributed by atoms with E-state index in [0.717, 1.165) is 6.92 Å². The lowest BCUT2D eigenvalue weighted by atomic mass is 10.1. The molecular formula is C12H13NO5. The van der Waals surface area contributed by atoms with Crippen LogP contribution in [-0.4, -0.2) is 35.9 Å². The van der Waals surface area contributed by atoms with Crippen molar-refractivity contribution in [3.8, 4) is 5.75 Å². The van der Waals surface area contributed by atoms with Crippen molar-refractivity contribution in [1.82, 2.24) is 5.32 Å². The van der Waals surface area contributed by atoms with Gasteiger partial charge in [0.05, 0.1) is 7.11 Å². The van der Waals surface area contributed by atoms with Crippen LogP contribution >= 0.6 is 0 Å². The average molecular weight is 251 g/mol. The number of benzene rings is 1. The van der Waals surface area contributed by atoms with Gasteiger partial charge in [-0.3, -0.25) is 9.59 Å². The predicted molar refractivity (Wildman–Crippen MR) is 62.6 cm³/mol. The Balaban J connectivity index is 2.80. The van der Waals surface area contributed by atoms with Gasteiger partial charge < -0.3 is 15.2 Å². The lowest BCUT2D eigenvalue weighted by molar-refractivity contribution is -0.142. The number of carboxylic acids is 1. The van der Waals surface area contributed by atoms with E-state index in [2.05, 4.69) is 5.32 Å². The number of carboxylic acid groups (broad SMARTS) is 1. The predicted octanol–water partition coefficient (Wildman–Crippen LogP) is 0.467. The Morgan fingerprint density at radius 2 is 1.78 bits per heavy atom. The third-order valence-electron chi connectivity index (χ3n) is 2.28. The summed E-state index contributed by atoms with van der Waals surface area (Å²) in [6.07, 6.45) is 0. The molecule has 0 spiro atoms. The van der Waals surface area contributed by atoms with Crippen molar-refractivity contribution in [2.75, 3.05) is 7.11 Å². The quantitative estimate of drug-likeness (QED) is 0.742. The summed E-state index contributed by atoms with van der Waals surface area (Å²) >= 11 is 0. The molecule has 1 atom stereocenters. The molecule has 1 aromatic carbocycles. The first-order valence-electron chi connectivity index (χ1n) is 5.14. The van der Waals surface area contributed by atoms with E-state index in [9.17, 15) is 14.4 Å². The fraction of sp³-hybridized carbons (Fsp3) is 0.250. The summed E-state index contributed by atoms with van der Waals surface area (Å²) in [7, 11) is 1.49. The second-order valence-electron chi connectivity index (χ2n) is 3.58. The van der Waals surface area contributed by atoms with Crippen molar-refractivity contribution in [1.29, 1.82) is 0 Å². The first-order chi connectivity index (χ1) is 8.45. The van der Waals surface area contributed by atoms with Crippen LogP contribution in [0.15, 0.2) is 24.3 Å². The van der Waals surface area contributed by atoms with Crippen molar-refractivity contribution >= 4 is 17.7 Å². The number of ether oxygens (including phenoxy) is 1. The van der Waals surface area contributed by atoms with Crippen LogP contribution in [0.2, 0.25) is 0 Å². The molecule has 6 nitrogen and oxygen atoms in total. The molecular weight excluding hydrogens is 238 g/mol. The minimum atomic E-state index is -1.53. The zero-order valence-corrected chi connectivity index (χ0v) is 9.97. The third kappa shape index (κ3) is 3.31. The summed E-state index contributed by atoms with van der Waals surface area (Å²) in [6, 6.07) is 4.57. The zero-order valence-electron chi connectivity index (χ0n) is 9.97. The Morgan fingerprint density at radius 3 is 2.17 bits per heavy atom. The molecule has 0 aliphatic heterocycles. The molecule has 18 heavy (non-hydrogen) atoms. The Hall–Kier alpha value is -2.37. The second kappa shape index (κ2) is 5.81. The highest BCUT2D eigenvalue weighted by Crippen LogP contribution is 2.11. The average Bonchev–Trinajstić information content (AvgIpc) is 2.35. The summed E-state index contributed by atoms with van der Waals surface area (Å²) in [5.41, 5.74) is 0.253. The van der Waals surface area contributed by atoms with Crippen LogP contribution in [0, 0.1) is 0 Å². The molecule has 1 unspecified atom stereocenters. The monoisotopic (exact) mass is 251 g/mol. The largest absolute Gasteiger partial charge is 0.497 e. The molecule has 1 rings (SSSR count). The Kier molecular flexibility index (Phi) is 4.42. The number of nitrogens with one attached hydrogen (secondary N) is 1. The Bertz CT molecular complexity index is 452. The molecule has 0 radical (unpaired) electrons. The van der Waals surface area contributed by atoms with Gasteiger partial charge in [0.25, 0.3) is 5.91 Å². The lowest BCUT2D eigenvalue weighted by Crippen LogP contribution is -2.45. The summed E-state index contributed by atoms with van der Waals surface area (Å²) in [5.74, 6) is -2.07. The van der Waals surface area contributed by atoms with Gasteiger partial charge in [0.2, 0.25) is 0 Å². The van der Waals surface area contributed by atoms with E-state index in [-0.39, 0.29) is 5.56 Å². The van der Waals surface area contributed by atoms with Gasteiger partial charge in [0, 0.05) is 5.56 Å². The highest BCUT2D eigenvalue weighted by atomic mass is 16.5. The van der Waals surface area contributed by atoms with Crippen molar-refractivity contribution in [3.63, 3.8) is 0 Å². The summed E-state index contributed by atoms with van der Waals surface area (Å²) in [4.78, 5) is 33.5. The molecule has 0 fully saturated rings. The van der Waals surface area contributed by atoms with Crippen LogP contribution < -0.4 is 10.1 Å². The fourth-order valence-corrected chi connectivity index (χ4v) is 1.29. The number of methoxy groups -OCH3 is 1. The van der Waals surface area contributed by atoms with Gasteiger partial charge in [0.15, 0.2) is 11.8 Å². The number of hydrogen-bond acceptors (Lipinski definition) is 4. The van der Waals surface area contributed by atoms with Gasteiger partial charge in [-0.25, -0.2) is 4.79 Å². The maximum absolute atomic E-state index is 11.7. The van der Waals surface area contributed by atoms with E-state index in [1.54, 1.807) is 12.1 Å². The molecule has 0 saturated carbocycles. The molecule has 0 aliphatic rings. The molecule has 6 heteroatoms. The molecule has 1 aromatic rings. The Labute approximate surface area is 104 Å². The lowest BCUT2D eigenvalue weighted by Gasteiger charge is -2.11. The van der Waals surface area contributed by atoms with E-state index < -0.39 is 23.7 Å². The van der Waals surface area contributed by atoms with E-state index in [4.69, 9.17) is 9.84 Å². The summed E-state index contributed by atoms with van der Waals surface area (Å²) in [5, 5.41) is 10.9. The molecule has 0 heterocycles. The maximum Gasteiger partial charge on any atom is 0.334 e. The molecule has 0 aromatic heterocycles. The van der Waals surface area contributed by atoms with Crippen LogP contribution in [0.1, 0.15) is 17.3 Å². The SMILES string of the molecule is COc1ccc(C(=O)NC(C(C)=O)C(=O)O)cc1. The van der Waals surface area contributed by atoms with E-state index in [0.29, 0.717) is 5.75 Å². The maximum atomic E-state index is 11.7. The van der Waals surface area contributed by atoms with Gasteiger partial charge in [-0.2, -0.15) is 0 Å². The van der Waals surface area contributed by atoms with Crippen molar-refractivity contribution in [3.05, 3.63) is 29.8 Å². The summed E-state index contributed by atoms with van der Waals surface area (Å²) < 4.78 is 4.93. The van der Waals surface area contributed by atoms with Gasteiger partial charge in [-0.05, 0) is 31.2 Å². The fourth-order valence-electron chi connectivity index (χ4n) is 1.29. The van der Waals surface area contributed by atoms with Crippen LogP contribution in [0.4, 0.5) is 0 Å². The van der Waals surface area contributed by atoms with Gasteiger partial charge >= 0.3 is 5.97 Å². The number of aliphatic carboxylic acids is 1. The minimum Gasteiger partial charge on any atom is -0.497 e. The molecule has 2 N–H and O–H groups in total. The third-order valence-corrected chi connectivity index (χ3v) is 2.28. The molecule has 1 amide bonds. The minimum absolute atomic E-state index is 0.253. The van der Waals surface area contributed by atoms with E-state index in [1.165, 1.54) is 19.2 Å². The van der Waals surface area contributed by atoms with Crippen molar-refractivity contribution < 1.29 is 24.2 Å². The van der Waals surface area contributed by atoms with Gasteiger partial charge in [-0.15, -0.1) is 0 Å². The van der Waals surface area contributed by atoms with Crippen LogP contribution in [0.5, 0.6) is 5.75 Å². The van der Waals surface area contributed by atoms with Crippen LogP contribution in [0.25, 0.3) is 0 Å². The number of carbonyl (C=O) groups excluding carboxylic acids is 2. The zero-order chi connectivity index (χ0) is 13.7. The van der Waals surface area contributed by atoms with Crippen molar-refractivity contribution in [2.45, 2.75) is 13.0 Å². The van der Waals surface area contributed by atoms with E-state index in [1.807, 2.05) is 0 Å². The molecule has 0 aliphatic carbocycles. The number of ketones is 1. The molecule has 0 saturated heterocycles. The smallest absolute Gasteiger partial charge is 0.334 e. The van der Waals surface area contributed by atoms with Crippen LogP contribution in [-0.2, 0) is 9.59 Å². The molecule has 96 valence electrons. The number of rotatable bonds is 5. The van der Waals surface area contributed by atoms with Crippen molar-refractivity contribution in [2.24, 2.45) is 0 Å². The van der Waals surface area contributed by atoms with Gasteiger partial charge in [0.1, 0.15) is 5.75 Å². The first kappa shape index (κ1) is 13.7. The Morgan fingerprint density at radius 1 is 1.22 bits per heavy atom. The number of carbonyl (C=O) groups is 3. The second-order valence-corrected chi connectivity index (χ2v) is 3.58. The summed E-state index contributed by atoms with van der Waals surface area (Å²) in [6.45, 7) is 1.10. The first-order valence-corrected chi connectivity index (χ1v) is 5.14. The molecule has 0 bridgehead atoms. The van der Waals surface area contributed by atoms with E-state index >= 15 is 0 Å². The van der Waals surface area contributed by atoms with Gasteiger partial charge in [-0.1, -0.05) is 0 Å². The highest BCUT2D eigenvalue weighted by molar-refractivity contribution is 6.06. The van der Waals surface area contributed by atoms with Crippen LogP contribution in [0.3, 0.4) is 0 Å². The number of hydrogen-bond donors (Lipinski definition) is 2. The standard InChI is InChI=1S/C12H13NO5/c1-7(14)10(12(16)17)13-11(15)8-3-5-9(18-2)6-4-8/h3-6,10H,1-2H3,(H,13,15)(H,16,17). The number of Topliss-reactive ketones (excluding diaryl/α,β-unsaturated/α-hetero) is 1. The number of amides is 1.